The van der Waals surface area contributed by atoms with E-state index in [2.05, 4.69) is 10.0 Å². The highest BCUT2D eigenvalue weighted by atomic mass is 32.2. The summed E-state index contributed by atoms with van der Waals surface area (Å²) in [5, 5.41) is 2.92. The van der Waals surface area contributed by atoms with Crippen LogP contribution in [0.3, 0.4) is 0 Å². The molecule has 1 aliphatic carbocycles. The van der Waals surface area contributed by atoms with Gasteiger partial charge in [-0.1, -0.05) is 37.1 Å². The van der Waals surface area contributed by atoms with Crippen molar-refractivity contribution in [2.45, 2.75) is 51.1 Å². The zero-order valence-electron chi connectivity index (χ0n) is 18.4. The molecule has 1 heterocycles. The van der Waals surface area contributed by atoms with Crippen molar-refractivity contribution in [1.82, 2.24) is 4.90 Å². The van der Waals surface area contributed by atoms with Crippen molar-refractivity contribution in [3.63, 3.8) is 0 Å². The summed E-state index contributed by atoms with van der Waals surface area (Å²) in [6, 6.07) is 13.7. The van der Waals surface area contributed by atoms with Crippen molar-refractivity contribution < 1.29 is 18.0 Å². The standard InChI is InChI=1S/C24H29N3O4S/c1-16-12-13-19(15-20(16)26-32(2,30)31)25-23(28)22-14-18-10-6-7-11-21(18)27(22)24(29)17-8-4-3-5-9-17/h3-5,8-9,12-13,15,18,21-22,26H,6-7,10-11,14H2,1-2H3,(H,25,28). The first kappa shape index (κ1) is 22.3. The first-order valence-electron chi connectivity index (χ1n) is 11.0. The minimum Gasteiger partial charge on any atom is -0.324 e. The van der Waals surface area contributed by atoms with Crippen molar-refractivity contribution in [3.05, 3.63) is 59.7 Å². The number of sulfonamides is 1. The molecule has 2 aromatic rings. The van der Waals surface area contributed by atoms with Crippen molar-refractivity contribution in [3.8, 4) is 0 Å². The van der Waals surface area contributed by atoms with Crippen LogP contribution in [-0.4, -0.2) is 43.5 Å². The van der Waals surface area contributed by atoms with Crippen molar-refractivity contribution in [2.24, 2.45) is 5.92 Å². The highest BCUT2D eigenvalue weighted by Crippen LogP contribution is 2.41. The fourth-order valence-corrected chi connectivity index (χ4v) is 5.57. The Labute approximate surface area is 189 Å². The van der Waals surface area contributed by atoms with E-state index >= 15 is 0 Å². The predicted octanol–water partition coefficient (Wildman–Crippen LogP) is 3.78. The molecular weight excluding hydrogens is 426 g/mol. The summed E-state index contributed by atoms with van der Waals surface area (Å²) in [5.41, 5.74) is 2.25. The lowest BCUT2D eigenvalue weighted by molar-refractivity contribution is -0.120. The highest BCUT2D eigenvalue weighted by Gasteiger charge is 2.47. The molecule has 2 amide bonds. The highest BCUT2D eigenvalue weighted by molar-refractivity contribution is 7.92. The van der Waals surface area contributed by atoms with Gasteiger partial charge in [-0.15, -0.1) is 0 Å². The first-order valence-corrected chi connectivity index (χ1v) is 12.9. The Hall–Kier alpha value is -2.87. The number of hydrogen-bond acceptors (Lipinski definition) is 4. The van der Waals surface area contributed by atoms with Gasteiger partial charge in [-0.2, -0.15) is 0 Å². The maximum atomic E-state index is 13.4. The van der Waals surface area contributed by atoms with Gasteiger partial charge in [0, 0.05) is 17.3 Å². The monoisotopic (exact) mass is 455 g/mol. The maximum Gasteiger partial charge on any atom is 0.254 e. The Bertz CT molecular complexity index is 1120. The zero-order valence-corrected chi connectivity index (χ0v) is 19.2. The summed E-state index contributed by atoms with van der Waals surface area (Å²) in [6.45, 7) is 1.79. The van der Waals surface area contributed by atoms with Gasteiger partial charge in [0.25, 0.3) is 5.91 Å². The Morgan fingerprint density at radius 2 is 1.75 bits per heavy atom. The Morgan fingerprint density at radius 3 is 2.47 bits per heavy atom. The van der Waals surface area contributed by atoms with Crippen LogP contribution in [0, 0.1) is 12.8 Å². The first-order chi connectivity index (χ1) is 15.2. The number of nitrogens with zero attached hydrogens (tertiary/aromatic N) is 1. The number of carbonyl (C=O) groups is 2. The summed E-state index contributed by atoms with van der Waals surface area (Å²) >= 11 is 0. The second-order valence-electron chi connectivity index (χ2n) is 8.84. The molecule has 1 aliphatic heterocycles. The molecule has 32 heavy (non-hydrogen) atoms. The Balaban J connectivity index is 1.59. The van der Waals surface area contributed by atoms with Crippen LogP contribution >= 0.6 is 0 Å². The second kappa shape index (κ2) is 8.94. The molecule has 0 spiro atoms. The maximum absolute atomic E-state index is 13.4. The average Bonchev–Trinajstić information content (AvgIpc) is 3.15. The van der Waals surface area contributed by atoms with Crippen LogP contribution in [0.2, 0.25) is 0 Å². The van der Waals surface area contributed by atoms with Gasteiger partial charge in [0.15, 0.2) is 0 Å². The predicted molar refractivity (Wildman–Crippen MR) is 125 cm³/mol. The van der Waals surface area contributed by atoms with Crippen LogP contribution in [-0.2, 0) is 14.8 Å². The van der Waals surface area contributed by atoms with Crippen LogP contribution in [0.15, 0.2) is 48.5 Å². The number of likely N-dealkylation sites (tertiary alicyclic amines) is 1. The van der Waals surface area contributed by atoms with E-state index in [4.69, 9.17) is 0 Å². The van der Waals surface area contributed by atoms with E-state index in [1.807, 2.05) is 18.2 Å². The smallest absolute Gasteiger partial charge is 0.254 e. The van der Waals surface area contributed by atoms with E-state index in [-0.39, 0.29) is 17.9 Å². The van der Waals surface area contributed by atoms with E-state index in [0.29, 0.717) is 29.3 Å². The number of aryl methyl sites for hydroxylation is 1. The third-order valence-corrected chi connectivity index (χ3v) is 7.04. The van der Waals surface area contributed by atoms with Gasteiger partial charge in [-0.3, -0.25) is 14.3 Å². The summed E-state index contributed by atoms with van der Waals surface area (Å²) in [5.74, 6) is -0.0195. The van der Waals surface area contributed by atoms with Gasteiger partial charge < -0.3 is 10.2 Å². The molecule has 2 fully saturated rings. The van der Waals surface area contributed by atoms with Gasteiger partial charge in [0.2, 0.25) is 15.9 Å². The quantitative estimate of drug-likeness (QED) is 0.717. The Kier molecular flexibility index (Phi) is 6.24. The van der Waals surface area contributed by atoms with Gasteiger partial charge >= 0.3 is 0 Å². The van der Waals surface area contributed by atoms with Crippen molar-refractivity contribution in [2.75, 3.05) is 16.3 Å². The van der Waals surface area contributed by atoms with Gasteiger partial charge in [0.1, 0.15) is 6.04 Å². The molecule has 2 aliphatic rings. The van der Waals surface area contributed by atoms with E-state index in [0.717, 1.165) is 37.5 Å². The SMILES string of the molecule is Cc1ccc(NC(=O)C2CC3CCCCC3N2C(=O)c2ccccc2)cc1NS(C)(=O)=O. The lowest BCUT2D eigenvalue weighted by Gasteiger charge is -2.33. The molecule has 0 aromatic heterocycles. The third kappa shape index (κ3) is 4.80. The average molecular weight is 456 g/mol. The van der Waals surface area contributed by atoms with Gasteiger partial charge in [0.05, 0.1) is 11.9 Å². The summed E-state index contributed by atoms with van der Waals surface area (Å²) in [4.78, 5) is 28.5. The lowest BCUT2D eigenvalue weighted by atomic mass is 9.84. The molecule has 2 aromatic carbocycles. The van der Waals surface area contributed by atoms with Crippen molar-refractivity contribution >= 4 is 33.2 Å². The molecule has 1 saturated carbocycles. The molecule has 8 heteroatoms. The van der Waals surface area contributed by atoms with Crippen LogP contribution in [0.25, 0.3) is 0 Å². The minimum absolute atomic E-state index is 0.0766. The number of fused-ring (bicyclic) bond motifs is 1. The van der Waals surface area contributed by atoms with Gasteiger partial charge in [-0.05, 0) is 61.9 Å². The fraction of sp³-hybridized carbons (Fsp3) is 0.417. The van der Waals surface area contributed by atoms with Gasteiger partial charge in [-0.25, -0.2) is 8.42 Å². The number of hydrogen-bond donors (Lipinski definition) is 2. The number of benzene rings is 2. The minimum atomic E-state index is -3.44. The summed E-state index contributed by atoms with van der Waals surface area (Å²) in [6.07, 6.45) is 5.87. The summed E-state index contributed by atoms with van der Waals surface area (Å²) < 4.78 is 25.8. The Morgan fingerprint density at radius 1 is 1.03 bits per heavy atom. The number of rotatable bonds is 5. The van der Waals surface area contributed by atoms with E-state index in [9.17, 15) is 18.0 Å². The van der Waals surface area contributed by atoms with E-state index in [1.165, 1.54) is 0 Å². The second-order valence-corrected chi connectivity index (χ2v) is 10.6. The number of carbonyl (C=O) groups excluding carboxylic acids is 2. The molecule has 3 atom stereocenters. The normalized spacial score (nSPS) is 22.8. The molecule has 7 nitrogen and oxygen atoms in total. The molecular formula is C24H29N3O4S. The number of nitrogens with one attached hydrogen (secondary N) is 2. The largest absolute Gasteiger partial charge is 0.324 e. The van der Waals surface area contributed by atoms with E-state index < -0.39 is 16.1 Å². The molecule has 2 N–H and O–H groups in total. The molecule has 170 valence electrons. The molecule has 4 rings (SSSR count). The topological polar surface area (TPSA) is 95.6 Å². The third-order valence-electron chi connectivity index (χ3n) is 6.45. The van der Waals surface area contributed by atoms with Crippen LogP contribution < -0.4 is 10.0 Å². The number of anilines is 2. The summed E-state index contributed by atoms with van der Waals surface area (Å²) in [7, 11) is -3.44. The lowest BCUT2D eigenvalue weighted by Crippen LogP contribution is -2.47. The van der Waals surface area contributed by atoms with Crippen LogP contribution in [0.1, 0.15) is 48.0 Å². The molecule has 1 saturated heterocycles. The molecule has 0 bridgehead atoms. The number of amides is 2. The molecule has 3 unspecified atom stereocenters. The van der Waals surface area contributed by atoms with Crippen molar-refractivity contribution in [1.29, 1.82) is 0 Å². The van der Waals surface area contributed by atoms with Crippen LogP contribution in [0.5, 0.6) is 0 Å². The molecule has 0 radical (unpaired) electrons. The van der Waals surface area contributed by atoms with Crippen LogP contribution in [0.4, 0.5) is 11.4 Å². The van der Waals surface area contributed by atoms with E-state index in [1.54, 1.807) is 42.2 Å². The zero-order chi connectivity index (χ0) is 22.9. The fourth-order valence-electron chi connectivity index (χ4n) is 4.95.